The summed E-state index contributed by atoms with van der Waals surface area (Å²) in [5.74, 6) is 0. The van der Waals surface area contributed by atoms with Crippen LogP contribution in [0.2, 0.25) is 0 Å². The molecule has 0 aliphatic carbocycles. The zero-order valence-electron chi connectivity index (χ0n) is 26.6. The van der Waals surface area contributed by atoms with Crippen molar-refractivity contribution in [1.82, 2.24) is 0 Å². The lowest BCUT2D eigenvalue weighted by atomic mass is 10.0. The first-order valence-electron chi connectivity index (χ1n) is 18.2. The second-order valence-electron chi connectivity index (χ2n) is 12.5. The Kier molecular flexibility index (Phi) is 36.0. The molecule has 0 atom stereocenters. The Hall–Kier alpha value is 0. The summed E-state index contributed by atoms with van der Waals surface area (Å²) < 4.78 is 0. The second-order valence-corrected chi connectivity index (χ2v) is 12.5. The van der Waals surface area contributed by atoms with Crippen LogP contribution >= 0.6 is 0 Å². The molecule has 0 aromatic carbocycles. The van der Waals surface area contributed by atoms with E-state index < -0.39 is 0 Å². The molecule has 0 rings (SSSR count). The second kappa shape index (κ2) is 36.0. The van der Waals surface area contributed by atoms with Crippen LogP contribution in [-0.4, -0.2) is 0 Å². The molecule has 0 heterocycles. The van der Waals surface area contributed by atoms with Crippen molar-refractivity contribution in [1.29, 1.82) is 0 Å². The van der Waals surface area contributed by atoms with Gasteiger partial charge in [0.1, 0.15) is 0 Å². The summed E-state index contributed by atoms with van der Waals surface area (Å²) in [7, 11) is 0. The quantitative estimate of drug-likeness (QED) is 0.0741. The molecule has 0 bridgehead atoms. The van der Waals surface area contributed by atoms with Gasteiger partial charge in [0, 0.05) is 0 Å². The molecular weight excluding hydrogens is 444 g/mol. The molecule has 37 heavy (non-hydrogen) atoms. The zero-order valence-corrected chi connectivity index (χ0v) is 26.6. The van der Waals surface area contributed by atoms with Crippen molar-refractivity contribution in [3.63, 3.8) is 0 Å². The fourth-order valence-electron chi connectivity index (χ4n) is 5.82. The number of hydrogen-bond donors (Lipinski definition) is 0. The van der Waals surface area contributed by atoms with Crippen LogP contribution in [-0.2, 0) is 0 Å². The van der Waals surface area contributed by atoms with Gasteiger partial charge < -0.3 is 0 Å². The van der Waals surface area contributed by atoms with Crippen LogP contribution in [0.5, 0.6) is 0 Å². The van der Waals surface area contributed by atoms with Gasteiger partial charge in [-0.2, -0.15) is 0 Å². The maximum Gasteiger partial charge on any atom is -0.0386 e. The average molecular weight is 520 g/mol. The van der Waals surface area contributed by atoms with E-state index in [1.165, 1.54) is 218 Å². The van der Waals surface area contributed by atoms with E-state index >= 15 is 0 Å². The average Bonchev–Trinajstić information content (AvgIpc) is 2.91. The summed E-state index contributed by atoms with van der Waals surface area (Å²) in [5, 5.41) is 0. The molecule has 0 fully saturated rings. The van der Waals surface area contributed by atoms with Gasteiger partial charge in [0.2, 0.25) is 0 Å². The summed E-state index contributed by atoms with van der Waals surface area (Å²) >= 11 is 0. The Labute approximate surface area is 238 Å². The zero-order chi connectivity index (χ0) is 26.7. The van der Waals surface area contributed by atoms with Crippen molar-refractivity contribution < 1.29 is 0 Å². The lowest BCUT2D eigenvalue weighted by Gasteiger charge is -2.04. The monoisotopic (exact) mass is 520 g/mol. The van der Waals surface area contributed by atoms with Gasteiger partial charge in [0.05, 0.1) is 0 Å². The molecule has 223 valence electrons. The van der Waals surface area contributed by atoms with Crippen molar-refractivity contribution in [3.05, 3.63) is 6.42 Å². The van der Waals surface area contributed by atoms with Gasteiger partial charge in [-0.15, -0.1) is 0 Å². The van der Waals surface area contributed by atoms with Crippen molar-refractivity contribution in [2.24, 2.45) is 0 Å². The molecule has 0 spiro atoms. The Morgan fingerprint density at radius 2 is 0.378 bits per heavy atom. The molecule has 0 saturated carbocycles. The first-order valence-corrected chi connectivity index (χ1v) is 18.2. The predicted molar refractivity (Wildman–Crippen MR) is 173 cm³/mol. The van der Waals surface area contributed by atoms with Gasteiger partial charge in [-0.1, -0.05) is 232 Å². The molecule has 0 aromatic heterocycles. The van der Waals surface area contributed by atoms with Crippen LogP contribution in [0.3, 0.4) is 0 Å². The Bertz CT molecular complexity index is 325. The first kappa shape index (κ1) is 37.0. The minimum atomic E-state index is 1.37. The van der Waals surface area contributed by atoms with Crippen LogP contribution < -0.4 is 0 Å². The largest absolute Gasteiger partial charge is 0.0654 e. The van der Waals surface area contributed by atoms with Gasteiger partial charge in [0.25, 0.3) is 0 Å². The normalized spacial score (nSPS) is 11.5. The van der Waals surface area contributed by atoms with Crippen LogP contribution in [0.15, 0.2) is 0 Å². The van der Waals surface area contributed by atoms with Crippen LogP contribution in [0, 0.1) is 6.42 Å². The topological polar surface area (TPSA) is 0 Å². The molecule has 0 aromatic rings. The van der Waals surface area contributed by atoms with E-state index in [0.29, 0.717) is 0 Å². The molecule has 0 amide bonds. The van der Waals surface area contributed by atoms with Crippen LogP contribution in [0.4, 0.5) is 0 Å². The summed E-state index contributed by atoms with van der Waals surface area (Å²) in [6.45, 7) is 4.61. The Balaban J connectivity index is 3.00. The van der Waals surface area contributed by atoms with Crippen molar-refractivity contribution in [2.45, 2.75) is 232 Å². The summed E-state index contributed by atoms with van der Waals surface area (Å²) in [6, 6.07) is 0. The smallest absolute Gasteiger partial charge is 0.0386 e. The van der Waals surface area contributed by atoms with Gasteiger partial charge in [0.15, 0.2) is 0 Å². The van der Waals surface area contributed by atoms with E-state index in [1.54, 1.807) is 0 Å². The lowest BCUT2D eigenvalue weighted by molar-refractivity contribution is 0.525. The predicted octanol–water partition coefficient (Wildman–Crippen LogP) is 14.5. The molecular formula is C37H75. The highest BCUT2D eigenvalue weighted by Crippen LogP contribution is 2.16. The molecule has 0 N–H and O–H groups in total. The van der Waals surface area contributed by atoms with Gasteiger partial charge in [-0.3, -0.25) is 0 Å². The van der Waals surface area contributed by atoms with E-state index in [2.05, 4.69) is 20.3 Å². The fourth-order valence-corrected chi connectivity index (χ4v) is 5.82. The molecule has 0 saturated heterocycles. The highest BCUT2D eigenvalue weighted by Gasteiger charge is 1.97. The molecule has 0 nitrogen and oxygen atoms in total. The maximum atomic E-state index is 2.59. The van der Waals surface area contributed by atoms with Crippen LogP contribution in [0.1, 0.15) is 232 Å². The number of hydrogen-bond acceptors (Lipinski definition) is 0. The van der Waals surface area contributed by atoms with Gasteiger partial charge in [-0.25, -0.2) is 0 Å². The Morgan fingerprint density at radius 1 is 0.216 bits per heavy atom. The fraction of sp³-hybridized carbons (Fsp3) is 0.973. The van der Waals surface area contributed by atoms with E-state index in [1.807, 2.05) is 0 Å². The maximum absolute atomic E-state index is 2.59. The minimum absolute atomic E-state index is 1.37. The highest BCUT2D eigenvalue weighted by molar-refractivity contribution is 4.65. The number of rotatable bonds is 34. The van der Waals surface area contributed by atoms with Crippen molar-refractivity contribution >= 4 is 0 Å². The molecule has 0 unspecified atom stereocenters. The van der Waals surface area contributed by atoms with E-state index in [-0.39, 0.29) is 0 Å². The van der Waals surface area contributed by atoms with Crippen molar-refractivity contribution in [3.8, 4) is 0 Å². The first-order chi connectivity index (χ1) is 18.4. The summed E-state index contributed by atoms with van der Waals surface area (Å²) in [5.41, 5.74) is 0. The number of unbranched alkanes of at least 4 members (excludes halogenated alkanes) is 34. The van der Waals surface area contributed by atoms with E-state index in [4.69, 9.17) is 0 Å². The molecule has 0 aliphatic rings. The molecule has 0 aliphatic heterocycles. The van der Waals surface area contributed by atoms with Crippen LogP contribution in [0.25, 0.3) is 0 Å². The summed E-state index contributed by atoms with van der Waals surface area (Å²) in [4.78, 5) is 0. The standard InChI is InChI=1S/C37H75/c1-3-5-7-9-11-13-15-17-19-21-23-25-27-29-31-33-35-37-36-34-32-30-28-26-24-22-20-18-16-14-12-10-8-6-4-2/h37H,3-36H2,1-2H3. The molecule has 0 heteroatoms. The van der Waals surface area contributed by atoms with E-state index in [9.17, 15) is 0 Å². The lowest BCUT2D eigenvalue weighted by Crippen LogP contribution is -1.85. The third-order valence-electron chi connectivity index (χ3n) is 8.52. The van der Waals surface area contributed by atoms with Gasteiger partial charge >= 0.3 is 0 Å². The summed E-state index contributed by atoms with van der Waals surface area (Å²) in [6.07, 6.45) is 52.4. The van der Waals surface area contributed by atoms with Gasteiger partial charge in [-0.05, 0) is 6.42 Å². The third-order valence-corrected chi connectivity index (χ3v) is 8.52. The Morgan fingerprint density at radius 3 is 0.568 bits per heavy atom. The van der Waals surface area contributed by atoms with E-state index in [0.717, 1.165) is 0 Å². The van der Waals surface area contributed by atoms with Crippen molar-refractivity contribution in [2.75, 3.05) is 0 Å². The highest BCUT2D eigenvalue weighted by atomic mass is 14.0. The molecule has 1 radical (unpaired) electrons. The third kappa shape index (κ3) is 36.0. The minimum Gasteiger partial charge on any atom is -0.0654 e. The SMILES string of the molecule is CCCCCCCCCCCCCCCCCC[CH]CCCCCCCCCCCCCCCCCC.